The van der Waals surface area contributed by atoms with Crippen LogP contribution < -0.4 is 16.0 Å². The number of fused-ring (bicyclic) bond motifs is 1. The molecule has 2 heterocycles. The number of aromatic nitrogens is 1. The number of halogens is 3. The SMILES string of the molecule is CNC(=O)c1c(-c2ccc(F)cc2)oc2nc(NCC(F)F)c(-c3cccc(C(=O)NC45CC(C4)C5)c3)cc12. The molecule has 10 heteroatoms. The number of anilines is 1. The average Bonchev–Trinajstić information content (AvgIpc) is 3.26. The van der Waals surface area contributed by atoms with Gasteiger partial charge in [-0.1, -0.05) is 12.1 Å². The van der Waals surface area contributed by atoms with Crippen LogP contribution in [-0.2, 0) is 0 Å². The van der Waals surface area contributed by atoms with Crippen LogP contribution in [0, 0.1) is 11.7 Å². The van der Waals surface area contributed by atoms with Gasteiger partial charge in [0.25, 0.3) is 18.2 Å². The van der Waals surface area contributed by atoms with Crippen molar-refractivity contribution in [1.29, 1.82) is 0 Å². The highest BCUT2D eigenvalue weighted by Gasteiger charge is 2.57. The first-order valence-corrected chi connectivity index (χ1v) is 12.7. The van der Waals surface area contributed by atoms with E-state index in [1.165, 1.54) is 31.3 Å². The normalized spacial score (nSPS) is 19.4. The molecule has 200 valence electrons. The van der Waals surface area contributed by atoms with Crippen LogP contribution in [0.4, 0.5) is 19.0 Å². The van der Waals surface area contributed by atoms with Crippen molar-refractivity contribution in [3.8, 4) is 22.5 Å². The fourth-order valence-electron chi connectivity index (χ4n) is 5.48. The van der Waals surface area contributed by atoms with E-state index >= 15 is 0 Å². The zero-order chi connectivity index (χ0) is 27.3. The molecule has 39 heavy (non-hydrogen) atoms. The van der Waals surface area contributed by atoms with Crippen LogP contribution in [0.2, 0.25) is 0 Å². The molecule has 3 aliphatic carbocycles. The summed E-state index contributed by atoms with van der Waals surface area (Å²) in [5, 5.41) is 8.72. The van der Waals surface area contributed by atoms with E-state index in [4.69, 9.17) is 4.42 Å². The fourth-order valence-corrected chi connectivity index (χ4v) is 5.48. The van der Waals surface area contributed by atoms with E-state index in [1.807, 2.05) is 0 Å². The van der Waals surface area contributed by atoms with Gasteiger partial charge in [-0.05, 0) is 73.2 Å². The Hall–Kier alpha value is -4.34. The second-order valence-electron chi connectivity index (χ2n) is 10.2. The molecule has 3 saturated carbocycles. The van der Waals surface area contributed by atoms with E-state index in [2.05, 4.69) is 20.9 Å². The first kappa shape index (κ1) is 25.0. The van der Waals surface area contributed by atoms with E-state index in [0.717, 1.165) is 19.3 Å². The number of amides is 2. The average molecular weight is 535 g/mol. The van der Waals surface area contributed by atoms with Crippen molar-refractivity contribution in [2.24, 2.45) is 5.92 Å². The highest BCUT2D eigenvalue weighted by Crippen LogP contribution is 2.57. The van der Waals surface area contributed by atoms with Gasteiger partial charge in [0.1, 0.15) is 17.4 Å². The summed E-state index contributed by atoms with van der Waals surface area (Å²) < 4.78 is 45.8. The van der Waals surface area contributed by atoms with Crippen molar-refractivity contribution in [3.63, 3.8) is 0 Å². The van der Waals surface area contributed by atoms with Crippen molar-refractivity contribution in [2.45, 2.75) is 31.2 Å². The van der Waals surface area contributed by atoms with Gasteiger partial charge in [0, 0.05) is 29.3 Å². The number of hydrogen-bond acceptors (Lipinski definition) is 5. The lowest BCUT2D eigenvalue weighted by Crippen LogP contribution is -2.68. The highest BCUT2D eigenvalue weighted by atomic mass is 19.3. The molecule has 3 fully saturated rings. The summed E-state index contributed by atoms with van der Waals surface area (Å²) in [4.78, 5) is 30.4. The molecule has 3 aliphatic rings. The smallest absolute Gasteiger partial charge is 0.255 e. The first-order valence-electron chi connectivity index (χ1n) is 12.7. The maximum absolute atomic E-state index is 13.6. The Balaban J connectivity index is 1.47. The molecule has 0 aliphatic heterocycles. The maximum atomic E-state index is 13.6. The van der Waals surface area contributed by atoms with Crippen LogP contribution in [0.3, 0.4) is 0 Å². The first-order chi connectivity index (χ1) is 18.7. The molecule has 0 radical (unpaired) electrons. The summed E-state index contributed by atoms with van der Waals surface area (Å²) in [6.07, 6.45) is 0.354. The maximum Gasteiger partial charge on any atom is 0.255 e. The number of hydrogen-bond donors (Lipinski definition) is 3. The van der Waals surface area contributed by atoms with Gasteiger partial charge in [-0.3, -0.25) is 9.59 Å². The van der Waals surface area contributed by atoms with Crippen molar-refractivity contribution in [1.82, 2.24) is 15.6 Å². The van der Waals surface area contributed by atoms with Crippen LogP contribution in [0.1, 0.15) is 40.0 Å². The molecule has 2 aromatic carbocycles. The second kappa shape index (κ2) is 9.44. The van der Waals surface area contributed by atoms with Crippen molar-refractivity contribution >= 4 is 28.7 Å². The van der Waals surface area contributed by atoms with Gasteiger partial charge in [0.05, 0.1) is 17.5 Å². The summed E-state index contributed by atoms with van der Waals surface area (Å²) in [5.41, 5.74) is 1.97. The van der Waals surface area contributed by atoms with E-state index in [9.17, 15) is 22.8 Å². The second-order valence-corrected chi connectivity index (χ2v) is 10.2. The van der Waals surface area contributed by atoms with Gasteiger partial charge >= 0.3 is 0 Å². The molecule has 0 unspecified atom stereocenters. The lowest BCUT2D eigenvalue weighted by Gasteiger charge is -2.61. The van der Waals surface area contributed by atoms with Crippen LogP contribution in [0.5, 0.6) is 0 Å². The lowest BCUT2D eigenvalue weighted by atomic mass is 9.50. The van der Waals surface area contributed by atoms with Crippen LogP contribution in [0.25, 0.3) is 33.6 Å². The molecule has 7 nitrogen and oxygen atoms in total. The van der Waals surface area contributed by atoms with Crippen LogP contribution >= 0.6 is 0 Å². The standard InChI is InChI=1S/C29H25F3N4O3/c1-33-27(38)23-21-10-20(17-3-2-4-18(9-17)26(37)36-29-11-15(12-29)13-29)25(34-14-22(31)32)35-28(21)39-24(23)16-5-7-19(30)8-6-16/h2-10,15,22H,11-14H2,1H3,(H,33,38)(H,34,35)(H,36,37). The molecule has 2 aromatic heterocycles. The molecule has 2 bridgehead atoms. The number of nitrogens with one attached hydrogen (secondary N) is 3. The van der Waals surface area contributed by atoms with E-state index in [0.29, 0.717) is 33.6 Å². The van der Waals surface area contributed by atoms with E-state index in [-0.39, 0.29) is 34.3 Å². The predicted molar refractivity (Wildman–Crippen MR) is 140 cm³/mol. The third-order valence-corrected chi connectivity index (χ3v) is 7.52. The van der Waals surface area contributed by atoms with Crippen molar-refractivity contribution < 1.29 is 27.2 Å². The Morgan fingerprint density at radius 2 is 1.79 bits per heavy atom. The molecule has 4 aromatic rings. The van der Waals surface area contributed by atoms with Crippen LogP contribution in [-0.4, -0.2) is 42.4 Å². The number of furan rings is 1. The Labute approximate surface area is 221 Å². The largest absolute Gasteiger partial charge is 0.437 e. The Kier molecular flexibility index (Phi) is 6.05. The number of carbonyl (C=O) groups excluding carboxylic acids is 2. The predicted octanol–water partition coefficient (Wildman–Crippen LogP) is 5.62. The summed E-state index contributed by atoms with van der Waals surface area (Å²) in [7, 11) is 1.47. The number of nitrogens with zero attached hydrogens (tertiary/aromatic N) is 1. The summed E-state index contributed by atoms with van der Waals surface area (Å²) in [6.45, 7) is -0.663. The van der Waals surface area contributed by atoms with Crippen molar-refractivity contribution in [2.75, 3.05) is 18.9 Å². The van der Waals surface area contributed by atoms with Crippen molar-refractivity contribution in [3.05, 3.63) is 71.5 Å². The van der Waals surface area contributed by atoms with E-state index < -0.39 is 24.7 Å². The zero-order valence-corrected chi connectivity index (χ0v) is 21.0. The molecular formula is C29H25F3N4O3. The monoisotopic (exact) mass is 534 g/mol. The van der Waals surface area contributed by atoms with Gasteiger partial charge in [0.2, 0.25) is 5.71 Å². The van der Waals surface area contributed by atoms with Gasteiger partial charge < -0.3 is 20.4 Å². The number of carbonyl (C=O) groups is 2. The molecule has 0 atom stereocenters. The minimum atomic E-state index is -2.65. The van der Waals surface area contributed by atoms with Gasteiger partial charge in [-0.25, -0.2) is 13.2 Å². The lowest BCUT2D eigenvalue weighted by molar-refractivity contribution is -0.0438. The third kappa shape index (κ3) is 4.49. The van der Waals surface area contributed by atoms with Crippen LogP contribution in [0.15, 0.2) is 59.0 Å². The van der Waals surface area contributed by atoms with Gasteiger partial charge in [0.15, 0.2) is 0 Å². The van der Waals surface area contributed by atoms with Gasteiger partial charge in [-0.15, -0.1) is 0 Å². The minimum Gasteiger partial charge on any atom is -0.437 e. The number of benzene rings is 2. The number of alkyl halides is 2. The topological polar surface area (TPSA) is 96.3 Å². The third-order valence-electron chi connectivity index (χ3n) is 7.52. The van der Waals surface area contributed by atoms with Gasteiger partial charge in [-0.2, -0.15) is 4.98 Å². The van der Waals surface area contributed by atoms with E-state index in [1.54, 1.807) is 30.3 Å². The number of pyridine rings is 1. The molecule has 0 saturated heterocycles. The number of rotatable bonds is 8. The molecule has 2 amide bonds. The summed E-state index contributed by atoms with van der Waals surface area (Å²) in [5.74, 6) is -0.113. The molecular weight excluding hydrogens is 509 g/mol. The zero-order valence-electron chi connectivity index (χ0n) is 21.0. The summed E-state index contributed by atoms with van der Waals surface area (Å²) in [6, 6.07) is 13.9. The molecule has 0 spiro atoms. The molecule has 3 N–H and O–H groups in total. The molecule has 7 rings (SSSR count). The minimum absolute atomic E-state index is 0.0472. The Bertz CT molecular complexity index is 1580. The Morgan fingerprint density at radius 1 is 1.05 bits per heavy atom. The quantitative estimate of drug-likeness (QED) is 0.273. The highest BCUT2D eigenvalue weighted by molar-refractivity contribution is 6.11. The Morgan fingerprint density at radius 3 is 2.44 bits per heavy atom. The summed E-state index contributed by atoms with van der Waals surface area (Å²) >= 11 is 0. The fraction of sp³-hybridized carbons (Fsp3) is 0.276.